The van der Waals surface area contributed by atoms with E-state index in [2.05, 4.69) is 52.2 Å². The molecular formula is C11H13BrN2S. The Kier molecular flexibility index (Phi) is 3.36. The molecule has 0 aromatic heterocycles. The Hall–Kier alpha value is -0.480. The van der Waals surface area contributed by atoms with Crippen LogP contribution in [0.15, 0.2) is 21.6 Å². The average Bonchev–Trinajstić information content (AvgIpc) is 2.66. The Balaban J connectivity index is 2.22. The number of aryl methyl sites for hydroxylation is 2. The fourth-order valence-electron chi connectivity index (χ4n) is 1.55. The molecular weight excluding hydrogens is 272 g/mol. The number of nitrogens with one attached hydrogen (secondary N) is 1. The molecule has 0 amide bonds. The maximum absolute atomic E-state index is 4.37. The first-order valence-corrected chi connectivity index (χ1v) is 6.65. The van der Waals surface area contributed by atoms with Crippen LogP contribution < -0.4 is 5.32 Å². The van der Waals surface area contributed by atoms with Crippen LogP contribution in [0.4, 0.5) is 5.69 Å². The second kappa shape index (κ2) is 4.58. The van der Waals surface area contributed by atoms with E-state index in [1.54, 1.807) is 11.8 Å². The van der Waals surface area contributed by atoms with Crippen LogP contribution in [0.1, 0.15) is 11.1 Å². The topological polar surface area (TPSA) is 24.4 Å². The molecule has 80 valence electrons. The van der Waals surface area contributed by atoms with Crippen molar-refractivity contribution < 1.29 is 0 Å². The van der Waals surface area contributed by atoms with Crippen LogP contribution in [0.25, 0.3) is 0 Å². The summed E-state index contributed by atoms with van der Waals surface area (Å²) in [6.45, 7) is 5.14. The zero-order valence-electron chi connectivity index (χ0n) is 8.80. The van der Waals surface area contributed by atoms with Crippen molar-refractivity contribution in [3.63, 3.8) is 0 Å². The molecule has 0 radical (unpaired) electrons. The molecule has 0 atom stereocenters. The fraction of sp³-hybridized carbons (Fsp3) is 0.364. The number of halogens is 1. The average molecular weight is 285 g/mol. The van der Waals surface area contributed by atoms with Crippen molar-refractivity contribution in [2.45, 2.75) is 13.8 Å². The van der Waals surface area contributed by atoms with Crippen molar-refractivity contribution >= 4 is 38.5 Å². The van der Waals surface area contributed by atoms with E-state index in [0.29, 0.717) is 0 Å². The minimum Gasteiger partial charge on any atom is -0.335 e. The van der Waals surface area contributed by atoms with Crippen LogP contribution in [-0.2, 0) is 0 Å². The largest absolute Gasteiger partial charge is 0.335 e. The van der Waals surface area contributed by atoms with Gasteiger partial charge in [-0.3, -0.25) is 4.99 Å². The molecule has 1 aliphatic heterocycles. The molecule has 1 aromatic carbocycles. The maximum atomic E-state index is 4.37. The van der Waals surface area contributed by atoms with Gasteiger partial charge in [0.2, 0.25) is 0 Å². The van der Waals surface area contributed by atoms with Crippen molar-refractivity contribution in [1.29, 1.82) is 0 Å². The number of amidine groups is 1. The number of anilines is 1. The summed E-state index contributed by atoms with van der Waals surface area (Å²) in [4.78, 5) is 4.37. The Bertz CT molecular complexity index is 392. The van der Waals surface area contributed by atoms with Crippen LogP contribution >= 0.6 is 27.7 Å². The van der Waals surface area contributed by atoms with Crippen LogP contribution in [0.5, 0.6) is 0 Å². The highest BCUT2D eigenvalue weighted by molar-refractivity contribution is 9.10. The SMILES string of the molecule is Cc1cc(NC2=NCCS2)cc(C)c1Br. The third kappa shape index (κ3) is 2.55. The molecule has 2 nitrogen and oxygen atoms in total. The van der Waals surface area contributed by atoms with Crippen LogP contribution in [0.3, 0.4) is 0 Å². The molecule has 1 N–H and O–H groups in total. The van der Waals surface area contributed by atoms with Crippen molar-refractivity contribution in [2.24, 2.45) is 4.99 Å². The number of hydrogen-bond acceptors (Lipinski definition) is 3. The Morgan fingerprint density at radius 1 is 1.33 bits per heavy atom. The third-order valence-corrected chi connectivity index (χ3v) is 4.42. The van der Waals surface area contributed by atoms with Crippen LogP contribution in [0, 0.1) is 13.8 Å². The van der Waals surface area contributed by atoms with Gasteiger partial charge in [-0.2, -0.15) is 0 Å². The van der Waals surface area contributed by atoms with Gasteiger partial charge in [-0.15, -0.1) is 0 Å². The zero-order valence-corrected chi connectivity index (χ0v) is 11.2. The van der Waals surface area contributed by atoms with Crippen LogP contribution in [0.2, 0.25) is 0 Å². The number of hydrogen-bond donors (Lipinski definition) is 1. The van der Waals surface area contributed by atoms with E-state index in [0.717, 1.165) is 23.2 Å². The van der Waals surface area contributed by atoms with Gasteiger partial charge in [0.25, 0.3) is 0 Å². The van der Waals surface area contributed by atoms with Gasteiger partial charge in [-0.05, 0) is 37.1 Å². The lowest BCUT2D eigenvalue weighted by Gasteiger charge is -2.09. The molecule has 0 spiro atoms. The van der Waals surface area contributed by atoms with Gasteiger partial charge >= 0.3 is 0 Å². The standard InChI is InChI=1S/C11H13BrN2S/c1-7-5-9(6-8(2)10(7)12)14-11-13-3-4-15-11/h5-6H,3-4H2,1-2H3,(H,13,14). The minimum atomic E-state index is 0.932. The van der Waals surface area contributed by atoms with Gasteiger partial charge < -0.3 is 5.32 Å². The summed E-state index contributed by atoms with van der Waals surface area (Å²) in [6.07, 6.45) is 0. The van der Waals surface area contributed by atoms with Gasteiger partial charge in [0.1, 0.15) is 0 Å². The first-order valence-electron chi connectivity index (χ1n) is 4.88. The lowest BCUT2D eigenvalue weighted by molar-refractivity contribution is 1.17. The molecule has 0 aliphatic carbocycles. The van der Waals surface area contributed by atoms with Gasteiger partial charge in [-0.25, -0.2) is 0 Å². The van der Waals surface area contributed by atoms with E-state index >= 15 is 0 Å². The Labute approximate surface area is 103 Å². The van der Waals surface area contributed by atoms with Gasteiger partial charge in [0, 0.05) is 15.9 Å². The lowest BCUT2D eigenvalue weighted by Crippen LogP contribution is -2.05. The molecule has 1 aromatic rings. The van der Waals surface area contributed by atoms with Crippen molar-refractivity contribution in [2.75, 3.05) is 17.6 Å². The van der Waals surface area contributed by atoms with E-state index in [9.17, 15) is 0 Å². The molecule has 1 aliphatic rings. The summed E-state index contributed by atoms with van der Waals surface area (Å²) in [6, 6.07) is 4.27. The monoisotopic (exact) mass is 284 g/mol. The zero-order chi connectivity index (χ0) is 10.8. The molecule has 0 fully saturated rings. The molecule has 15 heavy (non-hydrogen) atoms. The summed E-state index contributed by atoms with van der Waals surface area (Å²) in [5, 5.41) is 4.38. The number of benzene rings is 1. The molecule has 0 saturated heterocycles. The fourth-order valence-corrected chi connectivity index (χ4v) is 2.53. The first-order chi connectivity index (χ1) is 7.16. The third-order valence-electron chi connectivity index (χ3n) is 2.27. The predicted molar refractivity (Wildman–Crippen MR) is 72.0 cm³/mol. The Morgan fingerprint density at radius 2 is 2.00 bits per heavy atom. The minimum absolute atomic E-state index is 0.932. The van der Waals surface area contributed by atoms with Crippen LogP contribution in [-0.4, -0.2) is 17.5 Å². The molecule has 4 heteroatoms. The maximum Gasteiger partial charge on any atom is 0.161 e. The highest BCUT2D eigenvalue weighted by atomic mass is 79.9. The lowest BCUT2D eigenvalue weighted by atomic mass is 10.1. The van der Waals surface area contributed by atoms with E-state index in [1.807, 2.05) is 0 Å². The normalized spacial score (nSPS) is 15.3. The second-order valence-corrected chi connectivity index (χ2v) is 5.46. The van der Waals surface area contributed by atoms with E-state index < -0.39 is 0 Å². The summed E-state index contributed by atoms with van der Waals surface area (Å²) in [5.74, 6) is 1.09. The van der Waals surface area contributed by atoms with Crippen molar-refractivity contribution in [3.05, 3.63) is 27.7 Å². The van der Waals surface area contributed by atoms with Gasteiger partial charge in [0.05, 0.1) is 6.54 Å². The van der Waals surface area contributed by atoms with E-state index in [-0.39, 0.29) is 0 Å². The van der Waals surface area contributed by atoms with Gasteiger partial charge in [-0.1, -0.05) is 27.7 Å². The smallest absolute Gasteiger partial charge is 0.161 e. The molecule has 0 unspecified atom stereocenters. The second-order valence-electron chi connectivity index (χ2n) is 3.58. The van der Waals surface area contributed by atoms with Crippen molar-refractivity contribution in [1.82, 2.24) is 0 Å². The molecule has 0 bridgehead atoms. The summed E-state index contributed by atoms with van der Waals surface area (Å²) in [7, 11) is 0. The van der Waals surface area contributed by atoms with E-state index in [1.165, 1.54) is 15.6 Å². The predicted octanol–water partition coefficient (Wildman–Crippen LogP) is 3.58. The molecule has 2 rings (SSSR count). The Morgan fingerprint density at radius 3 is 2.53 bits per heavy atom. The summed E-state index contributed by atoms with van der Waals surface area (Å²) < 4.78 is 1.19. The first kappa shape index (κ1) is 11.0. The van der Waals surface area contributed by atoms with Crippen molar-refractivity contribution in [3.8, 4) is 0 Å². The number of rotatable bonds is 1. The molecule has 1 heterocycles. The summed E-state index contributed by atoms with van der Waals surface area (Å²) in [5.41, 5.74) is 3.63. The van der Waals surface area contributed by atoms with Gasteiger partial charge in [0.15, 0.2) is 5.17 Å². The summed E-state index contributed by atoms with van der Waals surface area (Å²) >= 11 is 5.34. The number of thioether (sulfide) groups is 1. The highest BCUT2D eigenvalue weighted by Gasteiger charge is 2.08. The highest BCUT2D eigenvalue weighted by Crippen LogP contribution is 2.26. The van der Waals surface area contributed by atoms with E-state index in [4.69, 9.17) is 0 Å². The molecule has 0 saturated carbocycles. The number of nitrogens with zero attached hydrogens (tertiary/aromatic N) is 1. The number of aliphatic imine (C=N–C) groups is 1. The quantitative estimate of drug-likeness (QED) is 0.853.